The Morgan fingerprint density at radius 1 is 0.821 bits per heavy atom. The first-order valence-corrected chi connectivity index (χ1v) is 11.8. The number of piperidine rings is 2. The molecular weight excluding hydrogens is 384 g/mol. The van der Waals surface area contributed by atoms with Gasteiger partial charge in [-0.25, -0.2) is 0 Å². The van der Waals surface area contributed by atoms with E-state index < -0.39 is 10.2 Å². The number of nitrogens with one attached hydrogen (secondary N) is 1. The Hall–Kier alpha value is -1.07. The van der Waals surface area contributed by atoms with Gasteiger partial charge in [0.25, 0.3) is 10.2 Å². The van der Waals surface area contributed by atoms with E-state index in [9.17, 15) is 18.0 Å². The van der Waals surface area contributed by atoms with Crippen molar-refractivity contribution in [2.45, 2.75) is 38.1 Å². The lowest BCUT2D eigenvalue weighted by atomic mass is 9.79. The smallest absolute Gasteiger partial charge is 0.282 e. The van der Waals surface area contributed by atoms with E-state index in [4.69, 9.17) is 4.74 Å². The minimum absolute atomic E-state index is 0.162. The highest BCUT2D eigenvalue weighted by Crippen LogP contribution is 2.34. The lowest BCUT2D eigenvalue weighted by molar-refractivity contribution is -0.126. The fourth-order valence-electron chi connectivity index (χ4n) is 5.06. The molecule has 0 aliphatic carbocycles. The average Bonchev–Trinajstić information content (AvgIpc) is 3.07. The molecule has 10 heteroatoms. The summed E-state index contributed by atoms with van der Waals surface area (Å²) in [6.45, 7) is 4.67. The van der Waals surface area contributed by atoms with Crippen LogP contribution in [0.5, 0.6) is 0 Å². The molecule has 4 aliphatic heterocycles. The Morgan fingerprint density at radius 2 is 1.36 bits per heavy atom. The fourth-order valence-corrected chi connectivity index (χ4v) is 6.67. The molecule has 1 N–H and O–H groups in total. The zero-order valence-corrected chi connectivity index (χ0v) is 17.0. The zero-order valence-electron chi connectivity index (χ0n) is 16.2. The van der Waals surface area contributed by atoms with Crippen LogP contribution >= 0.6 is 0 Å². The molecule has 158 valence electrons. The number of amides is 2. The van der Waals surface area contributed by atoms with E-state index in [1.54, 1.807) is 8.61 Å². The SMILES string of the molecule is O=C1C[C@@H](N2CCC(C3CCN(S(=O)(=O)N4CCOCC4)CC3)CC2)C(=O)N1. The highest BCUT2D eigenvalue weighted by molar-refractivity contribution is 7.86. The van der Waals surface area contributed by atoms with Gasteiger partial charge in [-0.2, -0.15) is 17.0 Å². The number of hydrogen-bond acceptors (Lipinski definition) is 6. The van der Waals surface area contributed by atoms with E-state index >= 15 is 0 Å². The van der Waals surface area contributed by atoms with Crippen molar-refractivity contribution in [1.29, 1.82) is 0 Å². The first kappa shape index (κ1) is 20.2. The molecule has 28 heavy (non-hydrogen) atoms. The second kappa shape index (κ2) is 8.35. The lowest BCUT2D eigenvalue weighted by Crippen LogP contribution is -2.51. The van der Waals surface area contributed by atoms with E-state index in [1.165, 1.54) is 0 Å². The van der Waals surface area contributed by atoms with E-state index in [1.807, 2.05) is 0 Å². The molecule has 4 aliphatic rings. The number of hydrogen-bond donors (Lipinski definition) is 1. The second-order valence-corrected chi connectivity index (χ2v) is 10.2. The monoisotopic (exact) mass is 414 g/mol. The Labute approximate surface area is 166 Å². The van der Waals surface area contributed by atoms with Crippen LogP contribution in [0.2, 0.25) is 0 Å². The topological polar surface area (TPSA) is 99.3 Å². The van der Waals surface area contributed by atoms with Crippen molar-refractivity contribution in [2.24, 2.45) is 11.8 Å². The van der Waals surface area contributed by atoms with Crippen LogP contribution in [0.1, 0.15) is 32.1 Å². The molecular formula is C18H30N4O5S. The number of morpholine rings is 1. The highest BCUT2D eigenvalue weighted by Gasteiger charge is 2.40. The largest absolute Gasteiger partial charge is 0.379 e. The summed E-state index contributed by atoms with van der Waals surface area (Å²) in [4.78, 5) is 25.4. The first-order valence-electron chi connectivity index (χ1n) is 10.4. The molecule has 1 atom stereocenters. The van der Waals surface area contributed by atoms with Crippen LogP contribution in [0.4, 0.5) is 0 Å². The average molecular weight is 415 g/mol. The number of rotatable bonds is 4. The van der Waals surface area contributed by atoms with E-state index in [0.29, 0.717) is 51.2 Å². The molecule has 0 aromatic carbocycles. The molecule has 0 radical (unpaired) electrons. The predicted molar refractivity (Wildman–Crippen MR) is 101 cm³/mol. The van der Waals surface area contributed by atoms with Crippen molar-refractivity contribution in [3.8, 4) is 0 Å². The van der Waals surface area contributed by atoms with Crippen molar-refractivity contribution in [1.82, 2.24) is 18.8 Å². The van der Waals surface area contributed by atoms with Gasteiger partial charge in [0.15, 0.2) is 0 Å². The summed E-state index contributed by atoms with van der Waals surface area (Å²) in [6.07, 6.45) is 4.10. The Morgan fingerprint density at radius 3 is 1.89 bits per heavy atom. The van der Waals surface area contributed by atoms with Crippen molar-refractivity contribution in [3.05, 3.63) is 0 Å². The van der Waals surface area contributed by atoms with Crippen LogP contribution in [0, 0.1) is 11.8 Å². The van der Waals surface area contributed by atoms with Crippen LogP contribution in [-0.2, 0) is 24.5 Å². The van der Waals surface area contributed by atoms with Gasteiger partial charge in [-0.05, 0) is 50.6 Å². The van der Waals surface area contributed by atoms with Crippen molar-refractivity contribution < 1.29 is 22.7 Å². The Kier molecular flexibility index (Phi) is 6.03. The van der Waals surface area contributed by atoms with Crippen LogP contribution < -0.4 is 5.32 Å². The number of imide groups is 1. The second-order valence-electron chi connectivity index (χ2n) is 8.26. The summed E-state index contributed by atoms with van der Waals surface area (Å²) < 4.78 is 34.0. The summed E-state index contributed by atoms with van der Waals surface area (Å²) in [5.74, 6) is 0.776. The van der Waals surface area contributed by atoms with Gasteiger partial charge in [-0.15, -0.1) is 0 Å². The Balaban J connectivity index is 1.26. The molecule has 0 aromatic heterocycles. The van der Waals surface area contributed by atoms with Crippen molar-refractivity contribution >= 4 is 22.0 Å². The van der Waals surface area contributed by atoms with E-state index in [2.05, 4.69) is 10.2 Å². The molecule has 2 amide bonds. The van der Waals surface area contributed by atoms with Gasteiger partial charge < -0.3 is 4.74 Å². The minimum atomic E-state index is -3.37. The molecule has 4 rings (SSSR count). The molecule has 4 fully saturated rings. The Bertz CT molecular complexity index is 693. The van der Waals surface area contributed by atoms with E-state index in [0.717, 1.165) is 38.8 Å². The maximum atomic E-state index is 12.8. The third-order valence-electron chi connectivity index (χ3n) is 6.75. The summed E-state index contributed by atoms with van der Waals surface area (Å²) in [5.41, 5.74) is 0. The lowest BCUT2D eigenvalue weighted by Gasteiger charge is -2.41. The molecule has 0 bridgehead atoms. The first-order chi connectivity index (χ1) is 13.4. The quantitative estimate of drug-likeness (QED) is 0.617. The van der Waals surface area contributed by atoms with Gasteiger partial charge >= 0.3 is 0 Å². The van der Waals surface area contributed by atoms with Crippen LogP contribution in [0.15, 0.2) is 0 Å². The number of ether oxygens (including phenoxy) is 1. The van der Waals surface area contributed by atoms with Gasteiger partial charge in [-0.1, -0.05) is 0 Å². The van der Waals surface area contributed by atoms with Crippen LogP contribution in [-0.4, -0.2) is 92.3 Å². The molecule has 4 heterocycles. The van der Waals surface area contributed by atoms with Gasteiger partial charge in [0.2, 0.25) is 11.8 Å². The molecule has 0 saturated carbocycles. The predicted octanol–water partition coefficient (Wildman–Crippen LogP) is -0.597. The number of likely N-dealkylation sites (tertiary alicyclic amines) is 1. The van der Waals surface area contributed by atoms with Crippen molar-refractivity contribution in [2.75, 3.05) is 52.5 Å². The van der Waals surface area contributed by atoms with Gasteiger partial charge in [-0.3, -0.25) is 19.8 Å². The summed E-state index contributed by atoms with van der Waals surface area (Å²) >= 11 is 0. The van der Waals surface area contributed by atoms with Crippen LogP contribution in [0.25, 0.3) is 0 Å². The van der Waals surface area contributed by atoms with Gasteiger partial charge in [0.1, 0.15) is 0 Å². The molecule has 4 saturated heterocycles. The third-order valence-corrected chi connectivity index (χ3v) is 8.78. The number of carbonyl (C=O) groups is 2. The molecule has 0 unspecified atom stereocenters. The fraction of sp³-hybridized carbons (Fsp3) is 0.889. The maximum Gasteiger partial charge on any atom is 0.282 e. The summed E-state index contributed by atoms with van der Waals surface area (Å²) in [7, 11) is -3.37. The summed E-state index contributed by atoms with van der Waals surface area (Å²) in [6, 6.07) is -0.297. The maximum absolute atomic E-state index is 12.8. The minimum Gasteiger partial charge on any atom is -0.379 e. The third kappa shape index (κ3) is 4.11. The van der Waals surface area contributed by atoms with Gasteiger partial charge in [0, 0.05) is 26.2 Å². The zero-order chi connectivity index (χ0) is 19.7. The van der Waals surface area contributed by atoms with Crippen molar-refractivity contribution in [3.63, 3.8) is 0 Å². The highest BCUT2D eigenvalue weighted by atomic mass is 32.2. The molecule has 0 aromatic rings. The standard InChI is InChI=1S/C18H30N4O5S/c23-17-13-16(18(24)19-17)20-5-1-14(2-6-20)15-3-7-21(8-4-15)28(25,26)22-9-11-27-12-10-22/h14-16H,1-13H2,(H,19,23,24)/t16-/m1/s1. The summed E-state index contributed by atoms with van der Waals surface area (Å²) in [5, 5.41) is 2.39. The molecule has 9 nitrogen and oxygen atoms in total. The van der Waals surface area contributed by atoms with Crippen LogP contribution in [0.3, 0.4) is 0 Å². The normalized spacial score (nSPS) is 30.6. The van der Waals surface area contributed by atoms with Gasteiger partial charge in [0.05, 0.1) is 25.7 Å². The number of nitrogens with zero attached hydrogens (tertiary/aromatic N) is 3. The number of carbonyl (C=O) groups excluding carboxylic acids is 2. The molecule has 0 spiro atoms. The van der Waals surface area contributed by atoms with E-state index in [-0.39, 0.29) is 24.3 Å².